The highest BCUT2D eigenvalue weighted by molar-refractivity contribution is 5.28. The van der Waals surface area contributed by atoms with E-state index in [4.69, 9.17) is 4.74 Å². The number of rotatable bonds is 5. The monoisotopic (exact) mass is 324 g/mol. The van der Waals surface area contributed by atoms with Gasteiger partial charge in [0.25, 0.3) is 0 Å². The molecule has 4 rings (SSSR count). The van der Waals surface area contributed by atoms with E-state index in [1.807, 2.05) is 48.1 Å². The van der Waals surface area contributed by atoms with Gasteiger partial charge in [-0.25, -0.2) is 0 Å². The molecule has 7 heteroatoms. The molecule has 0 spiro atoms. The first-order chi connectivity index (χ1) is 11.8. The molecule has 7 nitrogen and oxygen atoms in total. The minimum atomic E-state index is 0.0293. The maximum absolute atomic E-state index is 5.89. The van der Waals surface area contributed by atoms with Crippen molar-refractivity contribution in [2.24, 2.45) is 7.05 Å². The van der Waals surface area contributed by atoms with Gasteiger partial charge < -0.3 is 10.1 Å². The lowest BCUT2D eigenvalue weighted by molar-refractivity contribution is 0.0918. The Kier molecular flexibility index (Phi) is 4.10. The highest BCUT2D eigenvalue weighted by Crippen LogP contribution is 2.28. The second-order valence-electron chi connectivity index (χ2n) is 5.91. The molecule has 0 aliphatic carbocycles. The summed E-state index contributed by atoms with van der Waals surface area (Å²) in [6, 6.07) is 12.2. The predicted molar refractivity (Wildman–Crippen MR) is 88.5 cm³/mol. The highest BCUT2D eigenvalue weighted by atomic mass is 16.5. The smallest absolute Gasteiger partial charge is 0.114 e. The first-order valence-corrected chi connectivity index (χ1v) is 8.11. The third kappa shape index (κ3) is 2.95. The van der Waals surface area contributed by atoms with E-state index in [1.165, 1.54) is 0 Å². The summed E-state index contributed by atoms with van der Waals surface area (Å²) in [5.41, 5.74) is 2.97. The summed E-state index contributed by atoms with van der Waals surface area (Å²) >= 11 is 0. The summed E-state index contributed by atoms with van der Waals surface area (Å²) in [6.45, 7) is 1.42. The van der Waals surface area contributed by atoms with E-state index in [-0.39, 0.29) is 12.1 Å². The standard InChI is InChI=1S/C17H20N6O/c1-22-16(7-9-19-22)17-15(8-10-24-17)18-11-13-12-20-23(21-13)14-5-3-2-4-6-14/h2-7,9,12,15,17-18H,8,10-11H2,1H3/t15-,17-/m0/s1. The van der Waals surface area contributed by atoms with Crippen molar-refractivity contribution in [3.05, 3.63) is 60.2 Å². The van der Waals surface area contributed by atoms with Gasteiger partial charge in [-0.15, -0.1) is 0 Å². The molecule has 1 aromatic carbocycles. The number of aryl methyl sites for hydroxylation is 1. The van der Waals surface area contributed by atoms with Crippen molar-refractivity contribution in [1.82, 2.24) is 30.1 Å². The molecule has 3 heterocycles. The number of benzene rings is 1. The molecule has 0 radical (unpaired) electrons. The third-order valence-corrected chi connectivity index (χ3v) is 4.31. The first kappa shape index (κ1) is 15.0. The van der Waals surface area contributed by atoms with Gasteiger partial charge in [-0.2, -0.15) is 20.1 Å². The van der Waals surface area contributed by atoms with Gasteiger partial charge in [0.1, 0.15) is 6.10 Å². The third-order valence-electron chi connectivity index (χ3n) is 4.31. The molecule has 2 aromatic heterocycles. The molecule has 0 unspecified atom stereocenters. The SMILES string of the molecule is Cn1nccc1[C@H]1OCC[C@@H]1NCc1cnn(-c2ccccc2)n1. The van der Waals surface area contributed by atoms with Crippen LogP contribution < -0.4 is 5.32 Å². The second-order valence-corrected chi connectivity index (χ2v) is 5.91. The fraction of sp³-hybridized carbons (Fsp3) is 0.353. The summed E-state index contributed by atoms with van der Waals surface area (Å²) in [4.78, 5) is 1.65. The topological polar surface area (TPSA) is 69.8 Å². The Morgan fingerprint density at radius 3 is 2.88 bits per heavy atom. The zero-order chi connectivity index (χ0) is 16.4. The Morgan fingerprint density at radius 1 is 1.21 bits per heavy atom. The largest absolute Gasteiger partial charge is 0.370 e. The summed E-state index contributed by atoms with van der Waals surface area (Å²) < 4.78 is 7.76. The number of aromatic nitrogens is 5. The van der Waals surface area contributed by atoms with Crippen LogP contribution in [0.2, 0.25) is 0 Å². The quantitative estimate of drug-likeness (QED) is 0.772. The molecular weight excluding hydrogens is 304 g/mol. The van der Waals surface area contributed by atoms with Crippen molar-refractivity contribution >= 4 is 0 Å². The van der Waals surface area contributed by atoms with Crippen molar-refractivity contribution < 1.29 is 4.74 Å². The Morgan fingerprint density at radius 2 is 2.08 bits per heavy atom. The van der Waals surface area contributed by atoms with Crippen LogP contribution in [0.1, 0.15) is 23.9 Å². The van der Waals surface area contributed by atoms with Crippen molar-refractivity contribution in [3.63, 3.8) is 0 Å². The maximum atomic E-state index is 5.89. The zero-order valence-corrected chi connectivity index (χ0v) is 13.5. The van der Waals surface area contributed by atoms with Gasteiger partial charge in [-0.05, 0) is 24.6 Å². The molecule has 1 aliphatic rings. The normalized spacial score (nSPS) is 20.5. The molecule has 24 heavy (non-hydrogen) atoms. The average molecular weight is 324 g/mol. The van der Waals surface area contributed by atoms with Crippen molar-refractivity contribution in [1.29, 1.82) is 0 Å². The molecule has 1 aliphatic heterocycles. The summed E-state index contributed by atoms with van der Waals surface area (Å²) in [5, 5.41) is 16.6. The summed E-state index contributed by atoms with van der Waals surface area (Å²) in [5.74, 6) is 0. The zero-order valence-electron chi connectivity index (χ0n) is 13.5. The van der Waals surface area contributed by atoms with Crippen LogP contribution in [0.25, 0.3) is 5.69 Å². The Bertz CT molecular complexity index is 796. The molecule has 0 saturated carbocycles. The van der Waals surface area contributed by atoms with Crippen LogP contribution in [0.15, 0.2) is 48.8 Å². The molecule has 0 amide bonds. The molecule has 2 atom stereocenters. The minimum Gasteiger partial charge on any atom is -0.370 e. The van der Waals surface area contributed by atoms with Crippen molar-refractivity contribution in [3.8, 4) is 5.69 Å². The van der Waals surface area contributed by atoms with Gasteiger partial charge in [0.2, 0.25) is 0 Å². The number of nitrogens with one attached hydrogen (secondary N) is 1. The number of para-hydroxylation sites is 1. The molecule has 1 saturated heterocycles. The van der Waals surface area contributed by atoms with E-state index in [0.29, 0.717) is 6.54 Å². The summed E-state index contributed by atoms with van der Waals surface area (Å²) in [7, 11) is 1.94. The molecule has 3 aromatic rings. The molecule has 124 valence electrons. The Labute approximate surface area is 140 Å². The highest BCUT2D eigenvalue weighted by Gasteiger charge is 2.31. The predicted octanol–water partition coefficient (Wildman–Crippen LogP) is 1.62. The minimum absolute atomic E-state index is 0.0293. The van der Waals surface area contributed by atoms with Crippen LogP contribution in [0.5, 0.6) is 0 Å². The molecule has 1 fully saturated rings. The first-order valence-electron chi connectivity index (χ1n) is 8.11. The van der Waals surface area contributed by atoms with Crippen molar-refractivity contribution in [2.45, 2.75) is 25.1 Å². The lowest BCUT2D eigenvalue weighted by Gasteiger charge is -2.19. The van der Waals surface area contributed by atoms with Crippen LogP contribution in [0, 0.1) is 0 Å². The van der Waals surface area contributed by atoms with Gasteiger partial charge in [-0.1, -0.05) is 18.2 Å². The van der Waals surface area contributed by atoms with Crippen molar-refractivity contribution in [2.75, 3.05) is 6.61 Å². The van der Waals surface area contributed by atoms with Gasteiger partial charge in [-0.3, -0.25) is 4.68 Å². The molecule has 1 N–H and O–H groups in total. The lowest BCUT2D eigenvalue weighted by atomic mass is 10.1. The van der Waals surface area contributed by atoms with Crippen LogP contribution in [0.3, 0.4) is 0 Å². The lowest BCUT2D eigenvalue weighted by Crippen LogP contribution is -2.32. The number of hydrogen-bond acceptors (Lipinski definition) is 5. The van der Waals surface area contributed by atoms with E-state index in [2.05, 4.69) is 20.6 Å². The van der Waals surface area contributed by atoms with E-state index in [9.17, 15) is 0 Å². The van der Waals surface area contributed by atoms with Crippen LogP contribution in [-0.4, -0.2) is 37.4 Å². The summed E-state index contributed by atoms with van der Waals surface area (Å²) in [6.07, 6.45) is 4.61. The van der Waals surface area contributed by atoms with E-state index < -0.39 is 0 Å². The Balaban J connectivity index is 1.42. The van der Waals surface area contributed by atoms with Gasteiger partial charge in [0.15, 0.2) is 0 Å². The number of hydrogen-bond donors (Lipinski definition) is 1. The maximum Gasteiger partial charge on any atom is 0.114 e. The Hall–Kier alpha value is -2.51. The fourth-order valence-corrected chi connectivity index (χ4v) is 3.05. The van der Waals surface area contributed by atoms with E-state index >= 15 is 0 Å². The molecule has 0 bridgehead atoms. The molecular formula is C17H20N6O. The van der Waals surface area contributed by atoms with Crippen LogP contribution in [0.4, 0.5) is 0 Å². The number of nitrogens with zero attached hydrogens (tertiary/aromatic N) is 5. The van der Waals surface area contributed by atoms with E-state index in [0.717, 1.165) is 30.1 Å². The number of ether oxygens (including phenoxy) is 1. The van der Waals surface area contributed by atoms with Gasteiger partial charge in [0.05, 0.1) is 23.3 Å². The average Bonchev–Trinajstić information content (AvgIpc) is 3.34. The fourth-order valence-electron chi connectivity index (χ4n) is 3.05. The second kappa shape index (κ2) is 6.54. The van der Waals surface area contributed by atoms with Crippen LogP contribution >= 0.6 is 0 Å². The van der Waals surface area contributed by atoms with Crippen LogP contribution in [-0.2, 0) is 18.3 Å². The van der Waals surface area contributed by atoms with E-state index in [1.54, 1.807) is 17.2 Å². The van der Waals surface area contributed by atoms with Gasteiger partial charge >= 0.3 is 0 Å². The van der Waals surface area contributed by atoms with Gasteiger partial charge in [0, 0.05) is 32.4 Å².